The van der Waals surface area contributed by atoms with Crippen LogP contribution in [0.15, 0.2) is 6.20 Å². The van der Waals surface area contributed by atoms with E-state index in [2.05, 4.69) is 4.98 Å². The molecule has 0 fully saturated rings. The highest BCUT2D eigenvalue weighted by molar-refractivity contribution is 5.51. The summed E-state index contributed by atoms with van der Waals surface area (Å²) in [5.74, 6) is 0.295. The Kier molecular flexibility index (Phi) is 1.49. The molecule has 1 heterocycles. The fraction of sp³-hybridized carbons (Fsp3) is 0.286. The molecule has 3 nitrogen and oxygen atoms in total. The molecule has 3 heteroatoms. The van der Waals surface area contributed by atoms with Gasteiger partial charge < -0.3 is 10.8 Å². The first-order valence-corrected chi connectivity index (χ1v) is 3.03. The summed E-state index contributed by atoms with van der Waals surface area (Å²) in [5.41, 5.74) is 7.08. The number of nitrogens with zero attached hydrogens (tertiary/aromatic N) is 1. The monoisotopic (exact) mass is 138 g/mol. The van der Waals surface area contributed by atoms with Gasteiger partial charge >= 0.3 is 0 Å². The highest BCUT2D eigenvalue weighted by Crippen LogP contribution is 2.23. The van der Waals surface area contributed by atoms with E-state index in [4.69, 9.17) is 5.73 Å². The first kappa shape index (κ1) is 6.86. The average molecular weight is 138 g/mol. The summed E-state index contributed by atoms with van der Waals surface area (Å²) in [5, 5.41) is 9.20. The Morgan fingerprint density at radius 3 is 2.60 bits per heavy atom. The number of nitrogens with two attached hydrogens (primary N) is 1. The average Bonchev–Trinajstić information content (AvgIpc) is 1.93. The minimum atomic E-state index is 0.0972. The Labute approximate surface area is 59.5 Å². The van der Waals surface area contributed by atoms with E-state index in [0.717, 1.165) is 11.1 Å². The third-order valence-corrected chi connectivity index (χ3v) is 1.59. The van der Waals surface area contributed by atoms with E-state index in [1.165, 1.54) is 0 Å². The van der Waals surface area contributed by atoms with Gasteiger partial charge in [0.2, 0.25) is 0 Å². The number of aryl methyl sites for hydroxylation is 1. The van der Waals surface area contributed by atoms with Crippen LogP contribution in [0.5, 0.6) is 5.75 Å². The molecular weight excluding hydrogens is 128 g/mol. The van der Waals surface area contributed by atoms with Crippen LogP contribution in [0.4, 0.5) is 5.82 Å². The Bertz CT molecular complexity index is 231. The predicted molar refractivity (Wildman–Crippen MR) is 39.8 cm³/mol. The van der Waals surface area contributed by atoms with Crippen LogP contribution in [0.3, 0.4) is 0 Å². The van der Waals surface area contributed by atoms with Crippen molar-refractivity contribution in [2.75, 3.05) is 5.73 Å². The zero-order valence-corrected chi connectivity index (χ0v) is 6.05. The largest absolute Gasteiger partial charge is 0.504 e. The standard InChI is InChI=1S/C7H10N2O/c1-4-3-9-7(8)6(10)5(4)2/h3,10H,1-2H3,(H2,8,9). The van der Waals surface area contributed by atoms with E-state index in [-0.39, 0.29) is 11.6 Å². The van der Waals surface area contributed by atoms with Crippen LogP contribution < -0.4 is 5.73 Å². The Balaban J connectivity index is 3.34. The molecule has 0 spiro atoms. The normalized spacial score (nSPS) is 9.80. The first-order valence-electron chi connectivity index (χ1n) is 3.03. The third-order valence-electron chi connectivity index (χ3n) is 1.59. The molecule has 1 aromatic rings. The van der Waals surface area contributed by atoms with Crippen molar-refractivity contribution < 1.29 is 5.11 Å². The molecular formula is C7H10N2O. The molecule has 1 rings (SSSR count). The summed E-state index contributed by atoms with van der Waals surface area (Å²) < 4.78 is 0. The SMILES string of the molecule is Cc1cnc(N)c(O)c1C. The number of rotatable bonds is 0. The van der Waals surface area contributed by atoms with Crippen molar-refractivity contribution in [1.29, 1.82) is 0 Å². The van der Waals surface area contributed by atoms with Crippen LogP contribution in [0.25, 0.3) is 0 Å². The zero-order chi connectivity index (χ0) is 7.72. The molecule has 0 unspecified atom stereocenters. The van der Waals surface area contributed by atoms with E-state index < -0.39 is 0 Å². The van der Waals surface area contributed by atoms with Gasteiger partial charge in [0.1, 0.15) is 0 Å². The fourth-order valence-electron chi connectivity index (χ4n) is 0.703. The van der Waals surface area contributed by atoms with Crippen LogP contribution >= 0.6 is 0 Å². The van der Waals surface area contributed by atoms with E-state index in [9.17, 15) is 5.11 Å². The quantitative estimate of drug-likeness (QED) is 0.562. The second-order valence-corrected chi connectivity index (χ2v) is 2.30. The topological polar surface area (TPSA) is 59.1 Å². The van der Waals surface area contributed by atoms with Crippen molar-refractivity contribution in [2.24, 2.45) is 0 Å². The lowest BCUT2D eigenvalue weighted by atomic mass is 10.1. The molecule has 3 N–H and O–H groups in total. The van der Waals surface area contributed by atoms with Crippen molar-refractivity contribution in [3.05, 3.63) is 17.3 Å². The molecule has 0 aliphatic rings. The van der Waals surface area contributed by atoms with Crippen LogP contribution in [-0.4, -0.2) is 10.1 Å². The van der Waals surface area contributed by atoms with Gasteiger partial charge in [-0.3, -0.25) is 0 Å². The van der Waals surface area contributed by atoms with Crippen LogP contribution in [-0.2, 0) is 0 Å². The van der Waals surface area contributed by atoms with E-state index in [1.54, 1.807) is 6.20 Å². The summed E-state index contributed by atoms with van der Waals surface area (Å²) in [6.07, 6.45) is 1.64. The molecule has 0 amide bonds. The summed E-state index contributed by atoms with van der Waals surface area (Å²) in [6, 6.07) is 0. The minimum Gasteiger partial charge on any atom is -0.504 e. The fourth-order valence-corrected chi connectivity index (χ4v) is 0.703. The number of nitrogen functional groups attached to an aromatic ring is 1. The van der Waals surface area contributed by atoms with Crippen molar-refractivity contribution >= 4 is 5.82 Å². The number of anilines is 1. The van der Waals surface area contributed by atoms with Gasteiger partial charge in [-0.1, -0.05) is 0 Å². The zero-order valence-electron chi connectivity index (χ0n) is 6.05. The van der Waals surface area contributed by atoms with Crippen LogP contribution in [0, 0.1) is 13.8 Å². The van der Waals surface area contributed by atoms with Crippen molar-refractivity contribution in [3.63, 3.8) is 0 Å². The molecule has 0 saturated carbocycles. The van der Waals surface area contributed by atoms with Gasteiger partial charge in [0, 0.05) is 6.20 Å². The van der Waals surface area contributed by atoms with E-state index in [0.29, 0.717) is 0 Å². The second-order valence-electron chi connectivity index (χ2n) is 2.30. The maximum atomic E-state index is 9.20. The van der Waals surface area contributed by atoms with Gasteiger partial charge in [-0.15, -0.1) is 0 Å². The molecule has 0 radical (unpaired) electrons. The minimum absolute atomic E-state index is 0.0972. The van der Waals surface area contributed by atoms with Crippen molar-refractivity contribution in [2.45, 2.75) is 13.8 Å². The van der Waals surface area contributed by atoms with E-state index >= 15 is 0 Å². The summed E-state index contributed by atoms with van der Waals surface area (Å²) in [6.45, 7) is 3.68. The second kappa shape index (κ2) is 2.17. The lowest BCUT2D eigenvalue weighted by molar-refractivity contribution is 0.471. The van der Waals surface area contributed by atoms with Crippen LogP contribution in [0.1, 0.15) is 11.1 Å². The number of hydrogen-bond acceptors (Lipinski definition) is 3. The molecule has 0 bridgehead atoms. The summed E-state index contributed by atoms with van der Waals surface area (Å²) in [7, 11) is 0. The molecule has 0 saturated heterocycles. The molecule has 0 aliphatic carbocycles. The van der Waals surface area contributed by atoms with Gasteiger partial charge in [0.15, 0.2) is 11.6 Å². The van der Waals surface area contributed by atoms with Crippen molar-refractivity contribution in [1.82, 2.24) is 4.98 Å². The van der Waals surface area contributed by atoms with Gasteiger partial charge in [0.25, 0.3) is 0 Å². The maximum absolute atomic E-state index is 9.20. The Morgan fingerprint density at radius 2 is 2.10 bits per heavy atom. The molecule has 1 aromatic heterocycles. The third kappa shape index (κ3) is 0.900. The van der Waals surface area contributed by atoms with Gasteiger partial charge in [-0.05, 0) is 25.0 Å². The Morgan fingerprint density at radius 1 is 1.50 bits per heavy atom. The molecule has 10 heavy (non-hydrogen) atoms. The molecule has 0 atom stereocenters. The van der Waals surface area contributed by atoms with Gasteiger partial charge in [-0.2, -0.15) is 0 Å². The lowest BCUT2D eigenvalue weighted by Gasteiger charge is -2.03. The smallest absolute Gasteiger partial charge is 0.166 e. The number of pyridine rings is 1. The highest BCUT2D eigenvalue weighted by Gasteiger charge is 2.02. The number of hydrogen-bond donors (Lipinski definition) is 2. The maximum Gasteiger partial charge on any atom is 0.166 e. The summed E-state index contributed by atoms with van der Waals surface area (Å²) >= 11 is 0. The molecule has 0 aliphatic heterocycles. The van der Waals surface area contributed by atoms with Crippen molar-refractivity contribution in [3.8, 4) is 5.75 Å². The highest BCUT2D eigenvalue weighted by atomic mass is 16.3. The van der Waals surface area contributed by atoms with Gasteiger partial charge in [-0.25, -0.2) is 4.98 Å². The van der Waals surface area contributed by atoms with E-state index in [1.807, 2.05) is 13.8 Å². The van der Waals surface area contributed by atoms with Crippen LogP contribution in [0.2, 0.25) is 0 Å². The first-order chi connectivity index (χ1) is 4.63. The summed E-state index contributed by atoms with van der Waals surface area (Å²) in [4.78, 5) is 3.77. The van der Waals surface area contributed by atoms with Gasteiger partial charge in [0.05, 0.1) is 0 Å². The number of aromatic hydroxyl groups is 1. The Hall–Kier alpha value is -1.25. The predicted octanol–water partition coefficient (Wildman–Crippen LogP) is 0.986. The molecule has 0 aromatic carbocycles. The lowest BCUT2D eigenvalue weighted by Crippen LogP contribution is -1.93. The number of aromatic nitrogens is 1. The molecule has 54 valence electrons.